The van der Waals surface area contributed by atoms with Gasteiger partial charge in [-0.05, 0) is 49.6 Å². The molecule has 0 radical (unpaired) electrons. The van der Waals surface area contributed by atoms with Crippen LogP contribution in [0.3, 0.4) is 0 Å². The third-order valence-corrected chi connectivity index (χ3v) is 3.09. The van der Waals surface area contributed by atoms with E-state index in [0.717, 1.165) is 22.8 Å². The van der Waals surface area contributed by atoms with Crippen molar-refractivity contribution in [1.29, 1.82) is 0 Å². The minimum absolute atomic E-state index is 0.187. The first-order valence-electron chi connectivity index (χ1n) is 5.88. The second-order valence-electron chi connectivity index (χ2n) is 4.68. The van der Waals surface area contributed by atoms with Gasteiger partial charge < -0.3 is 0 Å². The van der Waals surface area contributed by atoms with Crippen molar-refractivity contribution < 1.29 is 13.2 Å². The van der Waals surface area contributed by atoms with Gasteiger partial charge in [0.05, 0.1) is 5.69 Å². The van der Waals surface area contributed by atoms with Crippen molar-refractivity contribution in [3.05, 3.63) is 45.9 Å². The molecule has 0 aliphatic carbocycles. The van der Waals surface area contributed by atoms with Gasteiger partial charge in [0.1, 0.15) is 5.69 Å². The SMILES string of the molecule is Cc1cc(C)c(-c2cc(C(F)(F)F)nc(Cl)n2)c(C)c1. The van der Waals surface area contributed by atoms with Crippen LogP contribution in [0, 0.1) is 20.8 Å². The largest absolute Gasteiger partial charge is 0.433 e. The predicted octanol–water partition coefficient (Wildman–Crippen LogP) is 4.74. The highest BCUT2D eigenvalue weighted by atomic mass is 35.5. The number of aryl methyl sites for hydroxylation is 3. The van der Waals surface area contributed by atoms with E-state index in [1.165, 1.54) is 0 Å². The van der Waals surface area contributed by atoms with Crippen LogP contribution in [0.25, 0.3) is 11.3 Å². The van der Waals surface area contributed by atoms with Gasteiger partial charge in [0.15, 0.2) is 0 Å². The fourth-order valence-electron chi connectivity index (χ4n) is 2.28. The van der Waals surface area contributed by atoms with Crippen molar-refractivity contribution in [3.63, 3.8) is 0 Å². The zero-order valence-corrected chi connectivity index (χ0v) is 11.9. The van der Waals surface area contributed by atoms with Crippen LogP contribution in [0.4, 0.5) is 13.2 Å². The molecule has 2 rings (SSSR count). The Bertz CT molecular complexity index is 643. The van der Waals surface area contributed by atoms with Gasteiger partial charge >= 0.3 is 6.18 Å². The van der Waals surface area contributed by atoms with Crippen LogP contribution >= 0.6 is 11.6 Å². The number of halogens is 4. The Kier molecular flexibility index (Phi) is 3.73. The van der Waals surface area contributed by atoms with E-state index >= 15 is 0 Å². The molecule has 0 unspecified atom stereocenters. The lowest BCUT2D eigenvalue weighted by Gasteiger charge is -2.13. The van der Waals surface area contributed by atoms with Crippen LogP contribution in [-0.2, 0) is 6.18 Å². The second-order valence-corrected chi connectivity index (χ2v) is 5.02. The lowest BCUT2D eigenvalue weighted by Crippen LogP contribution is -2.09. The van der Waals surface area contributed by atoms with Crippen molar-refractivity contribution >= 4 is 11.6 Å². The zero-order valence-electron chi connectivity index (χ0n) is 11.1. The molecule has 0 aliphatic heterocycles. The van der Waals surface area contributed by atoms with Gasteiger partial charge in [0, 0.05) is 5.56 Å². The quantitative estimate of drug-likeness (QED) is 0.711. The first-order chi connectivity index (χ1) is 9.18. The van der Waals surface area contributed by atoms with Gasteiger partial charge in [0.2, 0.25) is 5.28 Å². The molecular formula is C14H12ClF3N2. The van der Waals surface area contributed by atoms with Gasteiger partial charge in [-0.1, -0.05) is 17.7 Å². The molecule has 0 saturated heterocycles. The van der Waals surface area contributed by atoms with E-state index in [0.29, 0.717) is 5.56 Å². The highest BCUT2D eigenvalue weighted by Gasteiger charge is 2.33. The van der Waals surface area contributed by atoms with Crippen molar-refractivity contribution in [2.24, 2.45) is 0 Å². The Hall–Kier alpha value is -1.62. The number of hydrogen-bond donors (Lipinski definition) is 0. The van der Waals surface area contributed by atoms with Crippen molar-refractivity contribution in [1.82, 2.24) is 9.97 Å². The summed E-state index contributed by atoms with van der Waals surface area (Å²) in [6.07, 6.45) is -4.55. The number of benzene rings is 1. The summed E-state index contributed by atoms with van der Waals surface area (Å²) in [7, 11) is 0. The maximum absolute atomic E-state index is 12.8. The average molecular weight is 301 g/mol. The van der Waals surface area contributed by atoms with E-state index in [4.69, 9.17) is 11.6 Å². The summed E-state index contributed by atoms with van der Waals surface area (Å²) in [6, 6.07) is 4.72. The zero-order chi connectivity index (χ0) is 15.1. The first kappa shape index (κ1) is 14.8. The Morgan fingerprint density at radius 1 is 0.950 bits per heavy atom. The van der Waals surface area contributed by atoms with E-state index in [1.54, 1.807) is 0 Å². The molecule has 0 spiro atoms. The number of nitrogens with zero attached hydrogens (tertiary/aromatic N) is 2. The molecule has 2 nitrogen and oxygen atoms in total. The number of alkyl halides is 3. The molecular weight excluding hydrogens is 289 g/mol. The van der Waals surface area contributed by atoms with Gasteiger partial charge in [-0.25, -0.2) is 9.97 Å². The Morgan fingerprint density at radius 3 is 2.00 bits per heavy atom. The summed E-state index contributed by atoms with van der Waals surface area (Å²) in [6.45, 7) is 5.59. The van der Waals surface area contributed by atoms with Crippen LogP contribution in [-0.4, -0.2) is 9.97 Å². The highest BCUT2D eigenvalue weighted by Crippen LogP contribution is 2.33. The van der Waals surface area contributed by atoms with E-state index in [2.05, 4.69) is 9.97 Å². The molecule has 1 aromatic heterocycles. The topological polar surface area (TPSA) is 25.8 Å². The number of aromatic nitrogens is 2. The minimum atomic E-state index is -4.55. The molecule has 20 heavy (non-hydrogen) atoms. The lowest BCUT2D eigenvalue weighted by molar-refractivity contribution is -0.141. The molecule has 106 valence electrons. The molecule has 0 amide bonds. The van der Waals surface area contributed by atoms with E-state index in [9.17, 15) is 13.2 Å². The predicted molar refractivity (Wildman–Crippen MR) is 71.7 cm³/mol. The summed E-state index contributed by atoms with van der Waals surface area (Å²) in [5, 5.41) is -0.408. The standard InChI is InChI=1S/C14H12ClF3N2/c1-7-4-8(2)12(9(3)5-7)10-6-11(14(16,17)18)20-13(15)19-10/h4-6H,1-3H3. The fourth-order valence-corrected chi connectivity index (χ4v) is 2.46. The van der Waals surface area contributed by atoms with Crippen molar-refractivity contribution in [2.45, 2.75) is 26.9 Å². The molecule has 2 aromatic rings. The smallest absolute Gasteiger partial charge is 0.218 e. The van der Waals surface area contributed by atoms with Gasteiger partial charge in [-0.2, -0.15) is 13.2 Å². The normalized spacial score (nSPS) is 11.8. The molecule has 0 atom stereocenters. The number of hydrogen-bond acceptors (Lipinski definition) is 2. The van der Waals surface area contributed by atoms with Crippen LogP contribution in [0.1, 0.15) is 22.4 Å². The summed E-state index contributed by atoms with van der Waals surface area (Å²) in [5.74, 6) is 0. The first-order valence-corrected chi connectivity index (χ1v) is 6.26. The maximum Gasteiger partial charge on any atom is 0.433 e. The molecule has 1 aromatic carbocycles. The molecule has 0 N–H and O–H groups in total. The molecule has 0 saturated carbocycles. The summed E-state index contributed by atoms with van der Waals surface area (Å²) in [4.78, 5) is 7.16. The molecule has 0 fully saturated rings. The van der Waals surface area contributed by atoms with Crippen LogP contribution in [0.2, 0.25) is 5.28 Å². The van der Waals surface area contributed by atoms with Gasteiger partial charge in [0.25, 0.3) is 0 Å². The average Bonchev–Trinajstić information content (AvgIpc) is 2.25. The minimum Gasteiger partial charge on any atom is -0.218 e. The third kappa shape index (κ3) is 2.93. The Labute approximate surface area is 119 Å². The lowest BCUT2D eigenvalue weighted by atomic mass is 9.97. The monoisotopic (exact) mass is 300 g/mol. The molecule has 0 bridgehead atoms. The molecule has 6 heteroatoms. The highest BCUT2D eigenvalue weighted by molar-refractivity contribution is 6.28. The number of rotatable bonds is 1. The summed E-state index contributed by atoms with van der Waals surface area (Å²) in [5.41, 5.74) is 2.56. The van der Waals surface area contributed by atoms with Crippen molar-refractivity contribution in [3.8, 4) is 11.3 Å². The molecule has 0 aliphatic rings. The van der Waals surface area contributed by atoms with Crippen molar-refractivity contribution in [2.75, 3.05) is 0 Å². The van der Waals surface area contributed by atoms with E-state index in [1.807, 2.05) is 32.9 Å². The van der Waals surface area contributed by atoms with Gasteiger partial charge in [-0.3, -0.25) is 0 Å². The van der Waals surface area contributed by atoms with Crippen LogP contribution in [0.5, 0.6) is 0 Å². The summed E-state index contributed by atoms with van der Waals surface area (Å²) >= 11 is 5.62. The Balaban J connectivity index is 2.68. The Morgan fingerprint density at radius 2 is 1.50 bits per heavy atom. The second kappa shape index (κ2) is 5.05. The van der Waals surface area contributed by atoms with Crippen LogP contribution in [0.15, 0.2) is 18.2 Å². The fraction of sp³-hybridized carbons (Fsp3) is 0.286. The third-order valence-electron chi connectivity index (χ3n) is 2.92. The van der Waals surface area contributed by atoms with E-state index < -0.39 is 17.2 Å². The maximum atomic E-state index is 12.8. The molecule has 1 heterocycles. The van der Waals surface area contributed by atoms with Gasteiger partial charge in [-0.15, -0.1) is 0 Å². The van der Waals surface area contributed by atoms with E-state index in [-0.39, 0.29) is 5.69 Å². The van der Waals surface area contributed by atoms with Crippen LogP contribution < -0.4 is 0 Å². The summed E-state index contributed by atoms with van der Waals surface area (Å²) < 4.78 is 38.3.